The number of carbonyl (C=O) groups is 1. The van der Waals surface area contributed by atoms with Crippen LogP contribution in [0.4, 0.5) is 0 Å². The van der Waals surface area contributed by atoms with Crippen LogP contribution in [0.5, 0.6) is 5.75 Å². The van der Waals surface area contributed by atoms with E-state index in [4.69, 9.17) is 9.84 Å². The molecule has 0 unspecified atom stereocenters. The molecule has 3 rings (SSSR count). The fourth-order valence-electron chi connectivity index (χ4n) is 2.22. The Morgan fingerprint density at radius 1 is 1.39 bits per heavy atom. The minimum atomic E-state index is -0.918. The molecule has 0 saturated carbocycles. The summed E-state index contributed by atoms with van der Waals surface area (Å²) < 4.78 is 7.39. The van der Waals surface area contributed by atoms with E-state index in [1.165, 1.54) is 11.3 Å². The Morgan fingerprint density at radius 2 is 2.09 bits per heavy atom. The highest BCUT2D eigenvalue weighted by Crippen LogP contribution is 2.28. The van der Waals surface area contributed by atoms with E-state index in [1.807, 2.05) is 41.8 Å². The van der Waals surface area contributed by atoms with Gasteiger partial charge in [-0.05, 0) is 43.7 Å². The summed E-state index contributed by atoms with van der Waals surface area (Å²) in [6.45, 7) is 8.00. The number of imidazole rings is 1. The molecule has 0 aliphatic carbocycles. The Kier molecular flexibility index (Phi) is 3.92. The van der Waals surface area contributed by atoms with Crippen LogP contribution in [0.15, 0.2) is 42.6 Å². The molecule has 0 saturated heterocycles. The third-order valence-corrected chi connectivity index (χ3v) is 4.53. The number of rotatable bonds is 5. The topological polar surface area (TPSA) is 63.8 Å². The maximum atomic E-state index is 11.1. The van der Waals surface area contributed by atoms with Gasteiger partial charge in [-0.25, -0.2) is 9.78 Å². The average molecular weight is 328 g/mol. The van der Waals surface area contributed by atoms with Crippen LogP contribution in [-0.4, -0.2) is 27.1 Å². The zero-order chi connectivity index (χ0) is 16.6. The van der Waals surface area contributed by atoms with Crippen molar-refractivity contribution in [3.05, 3.63) is 53.2 Å². The number of aromatic carboxylic acids is 1. The van der Waals surface area contributed by atoms with Gasteiger partial charge in [-0.1, -0.05) is 17.9 Å². The van der Waals surface area contributed by atoms with Crippen LogP contribution in [0.25, 0.3) is 16.2 Å². The van der Waals surface area contributed by atoms with E-state index >= 15 is 0 Å². The van der Waals surface area contributed by atoms with Gasteiger partial charge in [0, 0.05) is 17.5 Å². The fraction of sp³-hybridized carbons (Fsp3) is 0.176. The lowest BCUT2D eigenvalue weighted by Gasteiger charge is -2.05. The molecule has 6 heteroatoms. The second kappa shape index (κ2) is 5.89. The molecule has 0 aliphatic heterocycles. The van der Waals surface area contributed by atoms with Crippen molar-refractivity contribution in [2.75, 3.05) is 6.61 Å². The van der Waals surface area contributed by atoms with Crippen LogP contribution in [0.3, 0.4) is 0 Å². The zero-order valence-corrected chi connectivity index (χ0v) is 13.7. The molecule has 5 nitrogen and oxygen atoms in total. The number of aryl methyl sites for hydroxylation is 1. The van der Waals surface area contributed by atoms with Gasteiger partial charge >= 0.3 is 5.97 Å². The van der Waals surface area contributed by atoms with E-state index in [0.29, 0.717) is 22.1 Å². The van der Waals surface area contributed by atoms with Gasteiger partial charge in [-0.3, -0.25) is 4.40 Å². The SMILES string of the molecule is C=C(C)COc1ccc(-c2cn3c(C)c(C(=O)O)sc3n2)cc1. The Balaban J connectivity index is 1.88. The summed E-state index contributed by atoms with van der Waals surface area (Å²) in [7, 11) is 0. The van der Waals surface area contributed by atoms with Gasteiger partial charge in [0.05, 0.1) is 5.69 Å². The molecule has 1 aromatic carbocycles. The number of carboxylic acids is 1. The van der Waals surface area contributed by atoms with Crippen molar-refractivity contribution < 1.29 is 14.6 Å². The molecular weight excluding hydrogens is 312 g/mol. The van der Waals surface area contributed by atoms with Crippen molar-refractivity contribution in [1.29, 1.82) is 0 Å². The van der Waals surface area contributed by atoms with Crippen molar-refractivity contribution in [3.63, 3.8) is 0 Å². The first kappa shape index (κ1) is 15.3. The van der Waals surface area contributed by atoms with Gasteiger partial charge in [-0.15, -0.1) is 0 Å². The smallest absolute Gasteiger partial charge is 0.347 e. The highest BCUT2D eigenvalue weighted by Gasteiger charge is 2.17. The van der Waals surface area contributed by atoms with Gasteiger partial charge in [-0.2, -0.15) is 0 Å². The number of fused-ring (bicyclic) bond motifs is 1. The molecule has 2 heterocycles. The second-order valence-corrected chi connectivity index (χ2v) is 6.35. The van der Waals surface area contributed by atoms with Gasteiger partial charge < -0.3 is 9.84 Å². The number of nitrogens with zero attached hydrogens (tertiary/aromatic N) is 2. The normalized spacial score (nSPS) is 10.9. The number of carboxylic acid groups (broad SMARTS) is 1. The first-order valence-electron chi connectivity index (χ1n) is 7.05. The minimum Gasteiger partial charge on any atom is -0.489 e. The summed E-state index contributed by atoms with van der Waals surface area (Å²) in [6, 6.07) is 7.66. The highest BCUT2D eigenvalue weighted by molar-refractivity contribution is 7.19. The summed E-state index contributed by atoms with van der Waals surface area (Å²) in [5, 5.41) is 9.14. The number of hydrogen-bond donors (Lipinski definition) is 1. The number of hydrogen-bond acceptors (Lipinski definition) is 4. The lowest BCUT2D eigenvalue weighted by atomic mass is 10.1. The van der Waals surface area contributed by atoms with E-state index in [2.05, 4.69) is 11.6 Å². The quantitative estimate of drug-likeness (QED) is 0.718. The highest BCUT2D eigenvalue weighted by atomic mass is 32.1. The van der Waals surface area contributed by atoms with Crippen LogP contribution in [0.2, 0.25) is 0 Å². The van der Waals surface area contributed by atoms with E-state index in [9.17, 15) is 4.79 Å². The first-order valence-corrected chi connectivity index (χ1v) is 7.87. The van der Waals surface area contributed by atoms with E-state index < -0.39 is 5.97 Å². The maximum Gasteiger partial charge on any atom is 0.347 e. The van der Waals surface area contributed by atoms with Crippen molar-refractivity contribution in [2.24, 2.45) is 0 Å². The van der Waals surface area contributed by atoms with Crippen molar-refractivity contribution >= 4 is 22.3 Å². The van der Waals surface area contributed by atoms with Crippen LogP contribution >= 0.6 is 11.3 Å². The molecule has 0 fully saturated rings. The van der Waals surface area contributed by atoms with Crippen LogP contribution in [-0.2, 0) is 0 Å². The molecule has 0 atom stereocenters. The van der Waals surface area contributed by atoms with Crippen molar-refractivity contribution in [1.82, 2.24) is 9.38 Å². The molecule has 1 N–H and O–H groups in total. The van der Waals surface area contributed by atoms with Gasteiger partial charge in [0.25, 0.3) is 0 Å². The summed E-state index contributed by atoms with van der Waals surface area (Å²) in [5.41, 5.74) is 3.42. The summed E-state index contributed by atoms with van der Waals surface area (Å²) in [6.07, 6.45) is 1.86. The van der Waals surface area contributed by atoms with Crippen molar-refractivity contribution in [2.45, 2.75) is 13.8 Å². The van der Waals surface area contributed by atoms with E-state index in [1.54, 1.807) is 6.92 Å². The average Bonchev–Trinajstić information content (AvgIpc) is 3.05. The predicted octanol–water partition coefficient (Wildman–Crippen LogP) is 4.02. The first-order chi connectivity index (χ1) is 11.0. The Labute approximate surface area is 137 Å². The molecule has 0 amide bonds. The molecule has 118 valence electrons. The van der Waals surface area contributed by atoms with Crippen LogP contribution < -0.4 is 4.74 Å². The maximum absolute atomic E-state index is 11.1. The van der Waals surface area contributed by atoms with E-state index in [-0.39, 0.29) is 0 Å². The Bertz CT molecular complexity index is 891. The Morgan fingerprint density at radius 3 is 2.65 bits per heavy atom. The third-order valence-electron chi connectivity index (χ3n) is 3.39. The number of ether oxygens (including phenoxy) is 1. The molecule has 0 bridgehead atoms. The summed E-state index contributed by atoms with van der Waals surface area (Å²) >= 11 is 1.18. The standard InChI is InChI=1S/C17H16N2O3S/c1-10(2)9-22-13-6-4-12(5-7-13)14-8-19-11(3)15(16(20)21)23-17(19)18-14/h4-8H,1,9H2,2-3H3,(H,20,21). The zero-order valence-electron chi connectivity index (χ0n) is 12.9. The summed E-state index contributed by atoms with van der Waals surface area (Å²) in [4.78, 5) is 16.7. The number of benzene rings is 1. The number of aromatic nitrogens is 2. The van der Waals surface area contributed by atoms with Crippen LogP contribution in [0, 0.1) is 6.92 Å². The van der Waals surface area contributed by atoms with Crippen LogP contribution in [0.1, 0.15) is 22.3 Å². The number of thiazole rings is 1. The van der Waals surface area contributed by atoms with Gasteiger partial charge in [0.1, 0.15) is 17.2 Å². The molecule has 23 heavy (non-hydrogen) atoms. The minimum absolute atomic E-state index is 0.322. The molecule has 3 aromatic rings. The fourth-order valence-corrected chi connectivity index (χ4v) is 3.16. The monoisotopic (exact) mass is 328 g/mol. The molecule has 0 aliphatic rings. The second-order valence-electron chi connectivity index (χ2n) is 5.37. The molecule has 0 radical (unpaired) electrons. The molecular formula is C17H16N2O3S. The van der Waals surface area contributed by atoms with E-state index in [0.717, 1.165) is 22.6 Å². The molecule has 0 spiro atoms. The lowest BCUT2D eigenvalue weighted by Crippen LogP contribution is -1.97. The molecule has 2 aromatic heterocycles. The van der Waals surface area contributed by atoms with Gasteiger partial charge in [0.2, 0.25) is 0 Å². The summed E-state index contributed by atoms with van der Waals surface area (Å²) in [5.74, 6) is -0.138. The third kappa shape index (κ3) is 2.98. The van der Waals surface area contributed by atoms with Gasteiger partial charge in [0.15, 0.2) is 4.96 Å². The predicted molar refractivity (Wildman–Crippen MR) is 90.5 cm³/mol. The lowest BCUT2D eigenvalue weighted by molar-refractivity contribution is 0.0701. The Hall–Kier alpha value is -2.60. The largest absolute Gasteiger partial charge is 0.489 e. The van der Waals surface area contributed by atoms with Crippen molar-refractivity contribution in [3.8, 4) is 17.0 Å².